The molecule has 9 aliphatic carbocycles. The number of Topliss-reactive ketones (excluding diaryl/α,β-unsaturated/α-hetero) is 2. The molecule has 5 fully saturated rings. The van der Waals surface area contributed by atoms with Gasteiger partial charge in [0.2, 0.25) is 0 Å². The van der Waals surface area contributed by atoms with Crippen LogP contribution >= 0.6 is 0 Å². The van der Waals surface area contributed by atoms with Crippen molar-refractivity contribution in [1.29, 1.82) is 0 Å². The predicted molar refractivity (Wildman–Crippen MR) is 115 cm³/mol. The van der Waals surface area contributed by atoms with Crippen molar-refractivity contribution < 1.29 is 14.5 Å². The van der Waals surface area contributed by atoms with Crippen LogP contribution in [-0.2, 0) is 20.4 Å². The van der Waals surface area contributed by atoms with Crippen molar-refractivity contribution in [1.82, 2.24) is 0 Å². The summed E-state index contributed by atoms with van der Waals surface area (Å²) in [6, 6.07) is 16.9. The highest BCUT2D eigenvalue weighted by atomic mass is 16.6. The molecule has 10 bridgehead atoms. The lowest BCUT2D eigenvalue weighted by molar-refractivity contribution is -0.384. The van der Waals surface area contributed by atoms with Crippen molar-refractivity contribution in [3.63, 3.8) is 0 Å². The van der Waals surface area contributed by atoms with E-state index in [1.807, 2.05) is 6.07 Å². The number of ketones is 2. The van der Waals surface area contributed by atoms with Gasteiger partial charge in [-0.3, -0.25) is 19.7 Å². The molecule has 0 spiro atoms. The largest absolute Gasteiger partial charge is 0.299 e. The fourth-order valence-corrected chi connectivity index (χ4v) is 9.98. The van der Waals surface area contributed by atoms with Crippen LogP contribution in [0.2, 0.25) is 0 Å². The summed E-state index contributed by atoms with van der Waals surface area (Å²) >= 11 is 0. The lowest BCUT2D eigenvalue weighted by atomic mass is 9.37. The van der Waals surface area contributed by atoms with Crippen LogP contribution in [0.3, 0.4) is 0 Å². The van der Waals surface area contributed by atoms with Crippen LogP contribution < -0.4 is 0 Å². The molecule has 8 unspecified atom stereocenters. The molecule has 0 amide bonds. The normalized spacial score (nSPS) is 45.7. The van der Waals surface area contributed by atoms with Crippen LogP contribution in [0.1, 0.15) is 30.9 Å². The fraction of sp³-hybridized carbons (Fsp3) is 0.407. The molecule has 9 aliphatic rings. The Balaban J connectivity index is 1.43. The van der Waals surface area contributed by atoms with E-state index in [-0.39, 0.29) is 57.7 Å². The Morgan fingerprint density at radius 3 is 2.31 bits per heavy atom. The van der Waals surface area contributed by atoms with Crippen LogP contribution in [0.25, 0.3) is 0 Å². The van der Waals surface area contributed by atoms with Gasteiger partial charge in [0.05, 0.1) is 10.3 Å². The maximum Gasteiger partial charge on any atom is 0.269 e. The average Bonchev–Trinajstić information content (AvgIpc) is 3.51. The topological polar surface area (TPSA) is 77.3 Å². The van der Waals surface area contributed by atoms with E-state index in [1.54, 1.807) is 12.1 Å². The predicted octanol–water partition coefficient (Wildman–Crippen LogP) is 4.15. The zero-order valence-electron chi connectivity index (χ0n) is 17.6. The SMILES string of the molecule is CC12CC3(c4ccccc4)C4=C1C1CC4C4C(=O)C3C2C(=O)C14c1ccc([N+](=O)[O-])cc1. The molecule has 8 atom stereocenters. The molecule has 158 valence electrons. The zero-order valence-corrected chi connectivity index (χ0v) is 17.6. The molecule has 0 aliphatic heterocycles. The summed E-state index contributed by atoms with van der Waals surface area (Å²) in [4.78, 5) is 39.5. The fourth-order valence-electron chi connectivity index (χ4n) is 9.98. The second kappa shape index (κ2) is 4.80. The summed E-state index contributed by atoms with van der Waals surface area (Å²) in [6.07, 6.45) is 1.74. The van der Waals surface area contributed by atoms with Crippen molar-refractivity contribution in [2.75, 3.05) is 0 Å². The first-order chi connectivity index (χ1) is 15.4. The number of allylic oxidation sites excluding steroid dienone is 2. The Hall–Kier alpha value is -3.08. The van der Waals surface area contributed by atoms with Crippen LogP contribution in [0, 0.1) is 45.1 Å². The maximum atomic E-state index is 14.5. The van der Waals surface area contributed by atoms with E-state index in [2.05, 4.69) is 31.2 Å². The molecule has 32 heavy (non-hydrogen) atoms. The van der Waals surface area contributed by atoms with E-state index in [1.165, 1.54) is 28.8 Å². The Kier molecular flexibility index (Phi) is 2.62. The van der Waals surface area contributed by atoms with E-state index < -0.39 is 10.3 Å². The average molecular weight is 423 g/mol. The van der Waals surface area contributed by atoms with Gasteiger partial charge >= 0.3 is 0 Å². The van der Waals surface area contributed by atoms with Gasteiger partial charge in [-0.2, -0.15) is 0 Å². The molecule has 5 saturated carbocycles. The molecule has 2 aromatic rings. The van der Waals surface area contributed by atoms with Gasteiger partial charge in [-0.15, -0.1) is 0 Å². The number of nitro benzene ring substituents is 1. The standard InChI is InChI=1S/C27H21NO4/c1-25-12-26(13-5-3-2-4-6-13)18-16-11-17(20(18)25)27(14-7-9-15(10-8-14)28(31)32)19(16)23(29)21(26)22(25)24(27)30/h2-10,16-17,19,21-22H,11-12H2,1H3. The number of hydrogen-bond acceptors (Lipinski definition) is 4. The molecule has 0 radical (unpaired) electrons. The number of rotatable bonds is 3. The van der Waals surface area contributed by atoms with E-state index in [9.17, 15) is 19.7 Å². The Morgan fingerprint density at radius 2 is 1.62 bits per heavy atom. The van der Waals surface area contributed by atoms with Gasteiger partial charge in [0.15, 0.2) is 0 Å². The number of carbonyl (C=O) groups excluding carboxylic acids is 2. The molecule has 5 heteroatoms. The zero-order chi connectivity index (χ0) is 21.8. The van der Waals surface area contributed by atoms with Gasteiger partial charge in [-0.25, -0.2) is 0 Å². The molecule has 0 saturated heterocycles. The minimum absolute atomic E-state index is 0.0201. The Bertz CT molecular complexity index is 1340. The van der Waals surface area contributed by atoms with Crippen LogP contribution in [0.5, 0.6) is 0 Å². The minimum atomic E-state index is -0.816. The highest BCUT2D eigenvalue weighted by Crippen LogP contribution is 2.87. The molecular weight excluding hydrogens is 402 g/mol. The van der Waals surface area contributed by atoms with Crippen LogP contribution in [-0.4, -0.2) is 16.5 Å². The molecule has 2 aromatic carbocycles. The van der Waals surface area contributed by atoms with Crippen molar-refractivity contribution in [2.45, 2.75) is 30.6 Å². The van der Waals surface area contributed by atoms with Crippen LogP contribution in [0.15, 0.2) is 65.7 Å². The maximum absolute atomic E-state index is 14.5. The number of benzene rings is 2. The van der Waals surface area contributed by atoms with E-state index in [0.29, 0.717) is 0 Å². The molecule has 0 heterocycles. The molecule has 5 nitrogen and oxygen atoms in total. The van der Waals surface area contributed by atoms with Gasteiger partial charge in [-0.05, 0) is 35.8 Å². The Labute approximate surface area is 184 Å². The minimum Gasteiger partial charge on any atom is -0.299 e. The highest BCUT2D eigenvalue weighted by Gasteiger charge is 2.89. The smallest absolute Gasteiger partial charge is 0.269 e. The molecular formula is C27H21NO4. The summed E-state index contributed by atoms with van der Waals surface area (Å²) in [5.74, 6) is -0.157. The van der Waals surface area contributed by atoms with Gasteiger partial charge in [0, 0.05) is 40.7 Å². The van der Waals surface area contributed by atoms with E-state index in [4.69, 9.17) is 0 Å². The monoisotopic (exact) mass is 423 g/mol. The second-order valence-electron chi connectivity index (χ2n) is 11.0. The van der Waals surface area contributed by atoms with Crippen molar-refractivity contribution in [3.8, 4) is 0 Å². The Morgan fingerprint density at radius 1 is 0.906 bits per heavy atom. The second-order valence-corrected chi connectivity index (χ2v) is 11.0. The van der Waals surface area contributed by atoms with Gasteiger partial charge in [0.1, 0.15) is 11.6 Å². The van der Waals surface area contributed by atoms with Crippen molar-refractivity contribution in [2.24, 2.45) is 35.0 Å². The third-order valence-corrected chi connectivity index (χ3v) is 10.4. The first-order valence-corrected chi connectivity index (χ1v) is 11.5. The first-order valence-electron chi connectivity index (χ1n) is 11.5. The molecule has 0 aromatic heterocycles. The number of carbonyl (C=O) groups is 2. The number of hydrogen-bond donors (Lipinski definition) is 0. The summed E-state index contributed by atoms with van der Waals surface area (Å²) in [7, 11) is 0. The quantitative estimate of drug-likeness (QED) is 0.422. The lowest BCUT2D eigenvalue weighted by Crippen LogP contribution is -2.70. The highest BCUT2D eigenvalue weighted by molar-refractivity contribution is 6.13. The number of nitro groups is 1. The van der Waals surface area contributed by atoms with E-state index >= 15 is 0 Å². The van der Waals surface area contributed by atoms with Gasteiger partial charge in [0.25, 0.3) is 5.69 Å². The summed E-state index contributed by atoms with van der Waals surface area (Å²) in [6.45, 7) is 2.24. The van der Waals surface area contributed by atoms with Gasteiger partial charge < -0.3 is 0 Å². The molecule has 0 N–H and O–H groups in total. The van der Waals surface area contributed by atoms with Crippen molar-refractivity contribution >= 4 is 17.3 Å². The number of nitrogens with zero attached hydrogens (tertiary/aromatic N) is 1. The summed E-state index contributed by atoms with van der Waals surface area (Å²) in [5, 5.41) is 11.2. The number of non-ortho nitro benzene ring substituents is 1. The third-order valence-electron chi connectivity index (χ3n) is 10.4. The summed E-state index contributed by atoms with van der Waals surface area (Å²) < 4.78 is 0. The first kappa shape index (κ1) is 17.5. The van der Waals surface area contributed by atoms with Gasteiger partial charge in [-0.1, -0.05) is 60.5 Å². The lowest BCUT2D eigenvalue weighted by Gasteiger charge is -2.63. The van der Waals surface area contributed by atoms with E-state index in [0.717, 1.165) is 18.4 Å². The third kappa shape index (κ3) is 1.37. The molecule has 11 rings (SSSR count). The summed E-state index contributed by atoms with van der Waals surface area (Å²) in [5.41, 5.74) is 3.64. The van der Waals surface area contributed by atoms with Crippen molar-refractivity contribution in [3.05, 3.63) is 87.0 Å². The van der Waals surface area contributed by atoms with Crippen LogP contribution in [0.4, 0.5) is 5.69 Å².